The number of aromatic nitrogens is 2. The topological polar surface area (TPSA) is 61.3 Å². The molecule has 2 atom stereocenters. The Labute approximate surface area is 116 Å². The van der Waals surface area contributed by atoms with Gasteiger partial charge in [-0.2, -0.15) is 0 Å². The molecule has 1 aromatic heterocycles. The maximum atomic E-state index is 11.4. The van der Waals surface area contributed by atoms with Crippen molar-refractivity contribution in [2.75, 3.05) is 13.2 Å². The minimum atomic E-state index is -0.441. The molecule has 5 nitrogen and oxygen atoms in total. The zero-order chi connectivity index (χ0) is 13.7. The molecular formula is C13H18N2O3S. The predicted molar refractivity (Wildman–Crippen MR) is 72.4 cm³/mol. The normalized spacial score (nSPS) is 22.2. The Hall–Kier alpha value is -1.43. The smallest absolute Gasteiger partial charge is 0.369 e. The molecule has 19 heavy (non-hydrogen) atoms. The molecule has 0 N–H and O–H groups in total. The van der Waals surface area contributed by atoms with Crippen LogP contribution in [0.1, 0.15) is 36.5 Å². The third-order valence-electron chi connectivity index (χ3n) is 3.20. The Kier molecular flexibility index (Phi) is 4.90. The molecule has 2 unspecified atom stereocenters. The lowest BCUT2D eigenvalue weighted by atomic mass is 9.85. The second kappa shape index (κ2) is 6.65. The summed E-state index contributed by atoms with van der Waals surface area (Å²) in [6.45, 7) is 4.93. The maximum Gasteiger partial charge on any atom is 0.369 e. The van der Waals surface area contributed by atoms with Crippen LogP contribution in [0.4, 0.5) is 0 Å². The van der Waals surface area contributed by atoms with E-state index in [9.17, 15) is 4.79 Å². The summed E-state index contributed by atoms with van der Waals surface area (Å²) in [5.41, 5.74) is 0. The van der Waals surface area contributed by atoms with Gasteiger partial charge < -0.3 is 9.47 Å². The van der Waals surface area contributed by atoms with Gasteiger partial charge >= 0.3 is 5.97 Å². The molecule has 104 valence electrons. The van der Waals surface area contributed by atoms with Gasteiger partial charge in [-0.1, -0.05) is 24.2 Å². The molecule has 0 saturated heterocycles. The Bertz CT molecular complexity index is 458. The highest BCUT2D eigenvalue weighted by Crippen LogP contribution is 2.26. The summed E-state index contributed by atoms with van der Waals surface area (Å²) in [7, 11) is 0. The van der Waals surface area contributed by atoms with Crippen LogP contribution in [0.15, 0.2) is 12.2 Å². The van der Waals surface area contributed by atoms with Gasteiger partial charge in [-0.05, 0) is 42.9 Å². The van der Waals surface area contributed by atoms with Crippen LogP contribution in [0.3, 0.4) is 0 Å². The monoisotopic (exact) mass is 282 g/mol. The van der Waals surface area contributed by atoms with Crippen molar-refractivity contribution in [3.05, 3.63) is 17.2 Å². The van der Waals surface area contributed by atoms with Crippen molar-refractivity contribution < 1.29 is 14.3 Å². The minimum absolute atomic E-state index is 0.244. The maximum absolute atomic E-state index is 11.4. The molecule has 1 heterocycles. The number of carbonyl (C=O) groups is 1. The second-order valence-corrected chi connectivity index (χ2v) is 5.52. The standard InChI is InChI=1S/C13H18N2O3S/c1-3-17-12(16)11-14-15-13(19-11)18-8-10-7-5-4-6-9(10)2/h4-5,9-10H,3,6-8H2,1-2H3. The SMILES string of the molecule is CCOC(=O)c1nnc(OCC2CC=CCC2C)s1. The van der Waals surface area contributed by atoms with E-state index >= 15 is 0 Å². The largest absolute Gasteiger partial charge is 0.469 e. The first-order valence-corrected chi connectivity index (χ1v) is 7.30. The summed E-state index contributed by atoms with van der Waals surface area (Å²) < 4.78 is 10.5. The van der Waals surface area contributed by atoms with Crippen LogP contribution in [-0.4, -0.2) is 29.4 Å². The van der Waals surface area contributed by atoms with Crippen LogP contribution in [-0.2, 0) is 4.74 Å². The first kappa shape index (κ1) is 14.0. The van der Waals surface area contributed by atoms with Crippen LogP contribution in [0.5, 0.6) is 5.19 Å². The van der Waals surface area contributed by atoms with Crippen molar-refractivity contribution in [1.29, 1.82) is 0 Å². The summed E-state index contributed by atoms with van der Waals surface area (Å²) in [5.74, 6) is 0.672. The predicted octanol–water partition coefficient (Wildman–Crippen LogP) is 2.70. The summed E-state index contributed by atoms with van der Waals surface area (Å²) in [5, 5.41) is 8.31. The molecule has 0 amide bonds. The molecule has 0 aromatic carbocycles. The highest BCUT2D eigenvalue weighted by Gasteiger charge is 2.20. The van der Waals surface area contributed by atoms with Crippen molar-refractivity contribution in [1.82, 2.24) is 10.2 Å². The van der Waals surface area contributed by atoms with E-state index in [4.69, 9.17) is 9.47 Å². The third kappa shape index (κ3) is 3.76. The number of hydrogen-bond acceptors (Lipinski definition) is 6. The molecule has 1 aliphatic rings. The zero-order valence-electron chi connectivity index (χ0n) is 11.2. The Balaban J connectivity index is 1.86. The summed E-state index contributed by atoms with van der Waals surface area (Å²) in [4.78, 5) is 11.4. The molecule has 0 spiro atoms. The fourth-order valence-electron chi connectivity index (χ4n) is 1.96. The van der Waals surface area contributed by atoms with Gasteiger partial charge in [-0.15, -0.1) is 5.10 Å². The van der Waals surface area contributed by atoms with E-state index in [1.165, 1.54) is 0 Å². The van der Waals surface area contributed by atoms with Gasteiger partial charge in [-0.25, -0.2) is 4.79 Å². The number of ether oxygens (including phenoxy) is 2. The van der Waals surface area contributed by atoms with E-state index in [2.05, 4.69) is 29.3 Å². The fourth-order valence-corrected chi connectivity index (χ4v) is 2.56. The molecule has 1 aliphatic carbocycles. The molecule has 0 saturated carbocycles. The Morgan fingerprint density at radius 1 is 1.42 bits per heavy atom. The lowest BCUT2D eigenvalue weighted by Crippen LogP contribution is -2.21. The molecule has 0 radical (unpaired) electrons. The van der Waals surface area contributed by atoms with Crippen LogP contribution in [0.25, 0.3) is 0 Å². The first-order valence-electron chi connectivity index (χ1n) is 6.49. The highest BCUT2D eigenvalue weighted by molar-refractivity contribution is 7.14. The minimum Gasteiger partial charge on any atom is -0.469 e. The molecule has 2 rings (SSSR count). The summed E-state index contributed by atoms with van der Waals surface area (Å²) >= 11 is 1.13. The molecule has 6 heteroatoms. The van der Waals surface area contributed by atoms with E-state index in [0.29, 0.717) is 30.2 Å². The fraction of sp³-hybridized carbons (Fsp3) is 0.615. The number of rotatable bonds is 5. The van der Waals surface area contributed by atoms with Gasteiger partial charge in [0.2, 0.25) is 5.01 Å². The van der Waals surface area contributed by atoms with Crippen molar-refractivity contribution in [3.8, 4) is 5.19 Å². The van der Waals surface area contributed by atoms with Crippen LogP contribution in [0.2, 0.25) is 0 Å². The van der Waals surface area contributed by atoms with E-state index in [0.717, 1.165) is 24.2 Å². The van der Waals surface area contributed by atoms with Gasteiger partial charge in [-0.3, -0.25) is 0 Å². The zero-order valence-corrected chi connectivity index (χ0v) is 12.0. The quantitative estimate of drug-likeness (QED) is 0.614. The summed E-state index contributed by atoms with van der Waals surface area (Å²) in [6, 6.07) is 0. The van der Waals surface area contributed by atoms with E-state index in [1.54, 1.807) is 6.92 Å². The molecule has 0 fully saturated rings. The molecule has 0 bridgehead atoms. The number of nitrogens with zero attached hydrogens (tertiary/aromatic N) is 2. The molecule has 1 aromatic rings. The van der Waals surface area contributed by atoms with E-state index in [-0.39, 0.29) is 5.01 Å². The second-order valence-electron chi connectivity index (χ2n) is 4.58. The molecule has 0 aliphatic heterocycles. The Morgan fingerprint density at radius 3 is 2.95 bits per heavy atom. The summed E-state index contributed by atoms with van der Waals surface area (Å²) in [6.07, 6.45) is 6.53. The van der Waals surface area contributed by atoms with Gasteiger partial charge in [0.15, 0.2) is 0 Å². The number of allylic oxidation sites excluding steroid dienone is 2. The lowest BCUT2D eigenvalue weighted by molar-refractivity contribution is 0.0525. The third-order valence-corrected chi connectivity index (χ3v) is 4.01. The number of esters is 1. The van der Waals surface area contributed by atoms with Gasteiger partial charge in [0.25, 0.3) is 5.19 Å². The lowest BCUT2D eigenvalue weighted by Gasteiger charge is -2.24. The Morgan fingerprint density at radius 2 is 2.21 bits per heavy atom. The first-order chi connectivity index (χ1) is 9.20. The van der Waals surface area contributed by atoms with Crippen LogP contribution < -0.4 is 4.74 Å². The van der Waals surface area contributed by atoms with E-state index < -0.39 is 5.97 Å². The number of hydrogen-bond donors (Lipinski definition) is 0. The highest BCUT2D eigenvalue weighted by atomic mass is 32.1. The van der Waals surface area contributed by atoms with Crippen molar-refractivity contribution in [2.24, 2.45) is 11.8 Å². The van der Waals surface area contributed by atoms with E-state index in [1.807, 2.05) is 0 Å². The average molecular weight is 282 g/mol. The van der Waals surface area contributed by atoms with Crippen molar-refractivity contribution >= 4 is 17.3 Å². The van der Waals surface area contributed by atoms with Crippen molar-refractivity contribution in [2.45, 2.75) is 26.7 Å². The molecular weight excluding hydrogens is 264 g/mol. The van der Waals surface area contributed by atoms with Gasteiger partial charge in [0.1, 0.15) is 0 Å². The number of carbonyl (C=O) groups excluding carboxylic acids is 1. The van der Waals surface area contributed by atoms with Gasteiger partial charge in [0.05, 0.1) is 13.2 Å². The van der Waals surface area contributed by atoms with Crippen molar-refractivity contribution in [3.63, 3.8) is 0 Å². The van der Waals surface area contributed by atoms with Crippen LogP contribution >= 0.6 is 11.3 Å². The van der Waals surface area contributed by atoms with Crippen LogP contribution in [0, 0.1) is 11.8 Å². The van der Waals surface area contributed by atoms with Gasteiger partial charge in [0, 0.05) is 0 Å². The average Bonchev–Trinajstić information content (AvgIpc) is 2.87.